The van der Waals surface area contributed by atoms with Crippen LogP contribution in [-0.4, -0.2) is 24.2 Å². The monoisotopic (exact) mass is 127 g/mol. The Labute approximate surface area is 53.1 Å². The lowest BCUT2D eigenvalue weighted by Gasteiger charge is -2.02. The minimum absolute atomic E-state index is 0.0307. The molecule has 0 aromatic carbocycles. The number of carbonyl (C=O) groups is 1. The van der Waals surface area contributed by atoms with Gasteiger partial charge in [0.05, 0.1) is 6.61 Å². The summed E-state index contributed by atoms with van der Waals surface area (Å²) in [6, 6.07) is 0. The summed E-state index contributed by atoms with van der Waals surface area (Å²) < 4.78 is 0. The Kier molecular flexibility index (Phi) is 0.750. The molecule has 0 unspecified atom stereocenters. The molecule has 0 bridgehead atoms. The zero-order chi connectivity index (χ0) is 6.48. The molecule has 1 saturated heterocycles. The van der Waals surface area contributed by atoms with Crippen LogP contribution in [0.3, 0.4) is 0 Å². The number of hydrogen-bond acceptors (Lipinski definition) is 2. The maximum absolute atomic E-state index is 10.8. The maximum atomic E-state index is 10.8. The van der Waals surface area contributed by atoms with E-state index >= 15 is 0 Å². The Morgan fingerprint density at radius 3 is 2.89 bits per heavy atom. The van der Waals surface area contributed by atoms with Crippen LogP contribution in [0.1, 0.15) is 6.42 Å². The predicted octanol–water partition coefficient (Wildman–Crippen LogP) is -0.885. The van der Waals surface area contributed by atoms with Gasteiger partial charge in [-0.05, 0) is 6.42 Å². The van der Waals surface area contributed by atoms with Crippen molar-refractivity contribution >= 4 is 5.91 Å². The number of nitrogens with one attached hydrogen (secondary N) is 1. The summed E-state index contributed by atoms with van der Waals surface area (Å²) in [6.07, 6.45) is 0.898. The van der Waals surface area contributed by atoms with Gasteiger partial charge in [0.15, 0.2) is 0 Å². The van der Waals surface area contributed by atoms with E-state index in [-0.39, 0.29) is 23.8 Å². The van der Waals surface area contributed by atoms with Crippen molar-refractivity contribution in [3.8, 4) is 0 Å². The molecule has 2 N–H and O–H groups in total. The maximum Gasteiger partial charge on any atom is 0.223 e. The van der Waals surface area contributed by atoms with Crippen molar-refractivity contribution in [2.24, 2.45) is 11.3 Å². The Balaban J connectivity index is 2.17. The predicted molar refractivity (Wildman–Crippen MR) is 30.6 cm³/mol. The summed E-state index contributed by atoms with van der Waals surface area (Å²) in [5.41, 5.74) is -0.0307. The Morgan fingerprint density at radius 1 is 1.89 bits per heavy atom. The molecule has 1 saturated carbocycles. The zero-order valence-electron chi connectivity index (χ0n) is 5.05. The van der Waals surface area contributed by atoms with Gasteiger partial charge in [-0.1, -0.05) is 0 Å². The summed E-state index contributed by atoms with van der Waals surface area (Å²) in [4.78, 5) is 10.8. The lowest BCUT2D eigenvalue weighted by molar-refractivity contribution is -0.120. The highest BCUT2D eigenvalue weighted by atomic mass is 16.3. The second kappa shape index (κ2) is 1.29. The van der Waals surface area contributed by atoms with E-state index in [0.717, 1.165) is 6.42 Å². The van der Waals surface area contributed by atoms with E-state index in [9.17, 15) is 4.79 Å². The van der Waals surface area contributed by atoms with Gasteiger partial charge in [0.25, 0.3) is 0 Å². The lowest BCUT2D eigenvalue weighted by atomic mass is 10.1. The molecule has 2 rings (SSSR count). The van der Waals surface area contributed by atoms with Crippen LogP contribution in [0.15, 0.2) is 0 Å². The summed E-state index contributed by atoms with van der Waals surface area (Å²) in [5, 5.41) is 11.5. The van der Waals surface area contributed by atoms with Crippen molar-refractivity contribution in [2.45, 2.75) is 6.42 Å². The zero-order valence-corrected chi connectivity index (χ0v) is 5.05. The van der Waals surface area contributed by atoms with Crippen molar-refractivity contribution < 1.29 is 9.90 Å². The third-order valence-corrected chi connectivity index (χ3v) is 2.44. The van der Waals surface area contributed by atoms with Crippen molar-refractivity contribution in [1.82, 2.24) is 5.32 Å². The van der Waals surface area contributed by atoms with Crippen molar-refractivity contribution in [3.05, 3.63) is 0 Å². The molecule has 0 radical (unpaired) electrons. The minimum Gasteiger partial charge on any atom is -0.396 e. The molecule has 50 valence electrons. The van der Waals surface area contributed by atoms with E-state index < -0.39 is 0 Å². The number of rotatable bonds is 1. The molecule has 1 heterocycles. The topological polar surface area (TPSA) is 49.3 Å². The molecule has 1 amide bonds. The first-order chi connectivity index (χ1) is 4.28. The first-order valence-corrected chi connectivity index (χ1v) is 3.17. The van der Waals surface area contributed by atoms with Gasteiger partial charge < -0.3 is 10.4 Å². The van der Waals surface area contributed by atoms with Crippen LogP contribution in [0, 0.1) is 11.3 Å². The van der Waals surface area contributed by atoms with E-state index in [4.69, 9.17) is 5.11 Å². The number of hydrogen-bond donors (Lipinski definition) is 2. The highest BCUT2D eigenvalue weighted by Crippen LogP contribution is 2.54. The molecule has 3 nitrogen and oxygen atoms in total. The fraction of sp³-hybridized carbons (Fsp3) is 0.833. The van der Waals surface area contributed by atoms with E-state index in [1.165, 1.54) is 0 Å². The molecule has 2 aliphatic rings. The van der Waals surface area contributed by atoms with Crippen LogP contribution in [0.5, 0.6) is 0 Å². The highest BCUT2D eigenvalue weighted by molar-refractivity contribution is 5.85. The summed E-state index contributed by atoms with van der Waals surface area (Å²) in [6.45, 7) is 0.851. The summed E-state index contributed by atoms with van der Waals surface area (Å²) in [5.74, 6) is 0.270. The van der Waals surface area contributed by atoms with Crippen molar-refractivity contribution in [1.29, 1.82) is 0 Å². The number of amides is 1. The van der Waals surface area contributed by atoms with Gasteiger partial charge in [-0.15, -0.1) is 0 Å². The number of carbonyl (C=O) groups excluding carboxylic acids is 1. The van der Waals surface area contributed by atoms with Gasteiger partial charge in [-0.25, -0.2) is 0 Å². The first-order valence-electron chi connectivity index (χ1n) is 3.17. The van der Waals surface area contributed by atoms with E-state index in [1.54, 1.807) is 0 Å². The van der Waals surface area contributed by atoms with Crippen LogP contribution >= 0.6 is 0 Å². The highest BCUT2D eigenvalue weighted by Gasteiger charge is 2.61. The molecule has 2 atom stereocenters. The molecule has 0 spiro atoms. The van der Waals surface area contributed by atoms with Gasteiger partial charge in [0.2, 0.25) is 5.91 Å². The van der Waals surface area contributed by atoms with Crippen LogP contribution < -0.4 is 5.32 Å². The fourth-order valence-electron chi connectivity index (χ4n) is 1.53. The standard InChI is InChI=1S/C6H9NO2/c8-3-6-1-4(6)5(9)7-2-6/h4,8H,1-3H2,(H,7,9)/t4-,6-/m1/s1. The molecule has 0 aromatic rings. The Hall–Kier alpha value is -0.570. The second-order valence-corrected chi connectivity index (χ2v) is 3.00. The summed E-state index contributed by atoms with van der Waals surface area (Å²) >= 11 is 0. The molecule has 1 aliphatic carbocycles. The fourth-order valence-corrected chi connectivity index (χ4v) is 1.53. The normalized spacial score (nSPS) is 46.3. The van der Waals surface area contributed by atoms with Gasteiger partial charge >= 0.3 is 0 Å². The number of fused-ring (bicyclic) bond motifs is 1. The smallest absolute Gasteiger partial charge is 0.223 e. The van der Waals surface area contributed by atoms with Gasteiger partial charge in [0.1, 0.15) is 0 Å². The molecular weight excluding hydrogens is 118 g/mol. The summed E-state index contributed by atoms with van der Waals surface area (Å²) in [7, 11) is 0. The van der Waals surface area contributed by atoms with Gasteiger partial charge in [-0.3, -0.25) is 4.79 Å². The van der Waals surface area contributed by atoms with Crippen LogP contribution in [-0.2, 0) is 4.79 Å². The number of piperidine rings is 1. The number of aliphatic hydroxyl groups excluding tert-OH is 1. The molecule has 1 aliphatic heterocycles. The van der Waals surface area contributed by atoms with Crippen molar-refractivity contribution in [3.63, 3.8) is 0 Å². The van der Waals surface area contributed by atoms with E-state index in [1.807, 2.05) is 0 Å². The SMILES string of the molecule is O=C1NC[C@@]2(CO)C[C@H]12. The first kappa shape index (κ1) is 5.23. The van der Waals surface area contributed by atoms with Gasteiger partial charge in [0, 0.05) is 17.9 Å². The number of aliphatic hydroxyl groups is 1. The average Bonchev–Trinajstić information content (AvgIpc) is 2.53. The molecule has 9 heavy (non-hydrogen) atoms. The molecule has 3 heteroatoms. The minimum atomic E-state index is -0.0307. The average molecular weight is 127 g/mol. The van der Waals surface area contributed by atoms with E-state index in [0.29, 0.717) is 6.54 Å². The van der Waals surface area contributed by atoms with E-state index in [2.05, 4.69) is 5.32 Å². The Morgan fingerprint density at radius 2 is 2.67 bits per heavy atom. The van der Waals surface area contributed by atoms with Crippen LogP contribution in [0.25, 0.3) is 0 Å². The van der Waals surface area contributed by atoms with Crippen LogP contribution in [0.2, 0.25) is 0 Å². The quantitative estimate of drug-likeness (QED) is 0.480. The molecule has 2 fully saturated rings. The van der Waals surface area contributed by atoms with Gasteiger partial charge in [-0.2, -0.15) is 0 Å². The lowest BCUT2D eigenvalue weighted by Crippen LogP contribution is -2.22. The largest absolute Gasteiger partial charge is 0.396 e. The Bertz CT molecular complexity index is 168. The molecule has 0 aromatic heterocycles. The third-order valence-electron chi connectivity index (χ3n) is 2.44. The van der Waals surface area contributed by atoms with Crippen molar-refractivity contribution in [2.75, 3.05) is 13.2 Å². The second-order valence-electron chi connectivity index (χ2n) is 3.00. The molecular formula is C6H9NO2. The third kappa shape index (κ3) is 0.477. The van der Waals surface area contributed by atoms with Crippen LogP contribution in [0.4, 0.5) is 0 Å².